The fourth-order valence-corrected chi connectivity index (χ4v) is 3.14. The van der Waals surface area contributed by atoms with Crippen LogP contribution in [0.5, 0.6) is 5.75 Å². The van der Waals surface area contributed by atoms with E-state index in [2.05, 4.69) is 5.32 Å². The first-order chi connectivity index (χ1) is 12.3. The number of non-ortho nitro benzene ring substituents is 1. The predicted octanol–water partition coefficient (Wildman–Crippen LogP) is 3.14. The molecule has 0 aliphatic carbocycles. The van der Waals surface area contributed by atoms with Gasteiger partial charge in [-0.3, -0.25) is 10.1 Å². The van der Waals surface area contributed by atoms with Crippen molar-refractivity contribution in [3.8, 4) is 5.75 Å². The molecular weight excluding hydrogens is 339 g/mol. The molecular formula is C19H21FN2O4. The molecule has 0 bridgehead atoms. The van der Waals surface area contributed by atoms with Crippen LogP contribution in [0.25, 0.3) is 0 Å². The van der Waals surface area contributed by atoms with Crippen LogP contribution in [0.1, 0.15) is 31.0 Å². The highest BCUT2D eigenvalue weighted by Crippen LogP contribution is 2.41. The quantitative estimate of drug-likeness (QED) is 0.632. The Morgan fingerprint density at radius 3 is 2.62 bits per heavy atom. The van der Waals surface area contributed by atoms with E-state index in [-0.39, 0.29) is 11.5 Å². The van der Waals surface area contributed by atoms with Crippen molar-refractivity contribution in [1.29, 1.82) is 0 Å². The average Bonchev–Trinajstić information content (AvgIpc) is 2.59. The standard InChI is InChI=1S/C19H21FN2O4/c1-19(2)18(23)17(21-10-9-12-3-5-13(20)6-4-12)15-8-7-14(22(24)25)11-16(15)26-19/h3-8,11,17-18,21,23H,9-10H2,1-2H3/t17-,18?/m0/s1. The Morgan fingerprint density at radius 2 is 1.96 bits per heavy atom. The zero-order chi connectivity index (χ0) is 18.9. The monoisotopic (exact) mass is 360 g/mol. The van der Waals surface area contributed by atoms with Gasteiger partial charge in [0.1, 0.15) is 23.3 Å². The number of aliphatic hydroxyl groups is 1. The van der Waals surface area contributed by atoms with Gasteiger partial charge < -0.3 is 15.2 Å². The van der Waals surface area contributed by atoms with Crippen LogP contribution in [0.15, 0.2) is 42.5 Å². The first kappa shape index (κ1) is 18.3. The van der Waals surface area contributed by atoms with E-state index in [1.165, 1.54) is 24.3 Å². The number of hydrogen-bond acceptors (Lipinski definition) is 5. The van der Waals surface area contributed by atoms with Gasteiger partial charge in [-0.1, -0.05) is 12.1 Å². The second-order valence-electron chi connectivity index (χ2n) is 6.94. The lowest BCUT2D eigenvalue weighted by Gasteiger charge is -2.42. The number of fused-ring (bicyclic) bond motifs is 1. The molecule has 26 heavy (non-hydrogen) atoms. The number of benzene rings is 2. The molecule has 0 spiro atoms. The van der Waals surface area contributed by atoms with Crippen molar-refractivity contribution in [2.45, 2.75) is 38.0 Å². The summed E-state index contributed by atoms with van der Waals surface area (Å²) in [6, 6.07) is 10.3. The second-order valence-corrected chi connectivity index (χ2v) is 6.94. The molecule has 2 atom stereocenters. The first-order valence-corrected chi connectivity index (χ1v) is 8.41. The zero-order valence-corrected chi connectivity index (χ0v) is 14.6. The molecule has 6 nitrogen and oxygen atoms in total. The van der Waals surface area contributed by atoms with Gasteiger partial charge in [0.05, 0.1) is 17.0 Å². The number of nitrogens with one attached hydrogen (secondary N) is 1. The van der Waals surface area contributed by atoms with Gasteiger partial charge >= 0.3 is 0 Å². The maximum atomic E-state index is 13.0. The Bertz CT molecular complexity index is 808. The number of hydrogen-bond donors (Lipinski definition) is 2. The van der Waals surface area contributed by atoms with Crippen LogP contribution in [-0.4, -0.2) is 28.3 Å². The average molecular weight is 360 g/mol. The number of nitro benzene ring substituents is 1. The third-order valence-electron chi connectivity index (χ3n) is 4.64. The molecule has 0 radical (unpaired) electrons. The molecule has 3 rings (SSSR count). The van der Waals surface area contributed by atoms with E-state index in [0.717, 1.165) is 5.56 Å². The van der Waals surface area contributed by atoms with E-state index in [0.29, 0.717) is 24.3 Å². The number of nitrogens with zero attached hydrogens (tertiary/aromatic N) is 1. The Labute approximate surface area is 150 Å². The van der Waals surface area contributed by atoms with Gasteiger partial charge in [0, 0.05) is 11.6 Å². The van der Waals surface area contributed by atoms with Gasteiger partial charge in [0.25, 0.3) is 5.69 Å². The van der Waals surface area contributed by atoms with Crippen LogP contribution in [-0.2, 0) is 6.42 Å². The van der Waals surface area contributed by atoms with Gasteiger partial charge in [-0.25, -0.2) is 4.39 Å². The maximum absolute atomic E-state index is 13.0. The van der Waals surface area contributed by atoms with Gasteiger partial charge in [-0.2, -0.15) is 0 Å². The van der Waals surface area contributed by atoms with Crippen molar-refractivity contribution in [3.05, 3.63) is 69.5 Å². The molecule has 0 fully saturated rings. The minimum Gasteiger partial charge on any atom is -0.484 e. The summed E-state index contributed by atoms with van der Waals surface area (Å²) < 4.78 is 18.8. The molecule has 1 aliphatic rings. The highest BCUT2D eigenvalue weighted by molar-refractivity contribution is 5.48. The van der Waals surface area contributed by atoms with Crippen LogP contribution >= 0.6 is 0 Å². The Kier molecular flexibility index (Phi) is 4.93. The number of aliphatic hydroxyl groups excluding tert-OH is 1. The van der Waals surface area contributed by atoms with E-state index in [1.807, 2.05) is 0 Å². The van der Waals surface area contributed by atoms with E-state index in [9.17, 15) is 19.6 Å². The van der Waals surface area contributed by atoms with E-state index in [4.69, 9.17) is 4.74 Å². The molecule has 7 heteroatoms. The SMILES string of the molecule is CC1(C)Oc2cc([N+](=O)[O-])ccc2[C@H](NCCc2ccc(F)cc2)C1O. The topological polar surface area (TPSA) is 84.6 Å². The van der Waals surface area contributed by atoms with E-state index in [1.54, 1.807) is 32.0 Å². The van der Waals surface area contributed by atoms with Gasteiger partial charge in [-0.15, -0.1) is 0 Å². The summed E-state index contributed by atoms with van der Waals surface area (Å²) >= 11 is 0. The predicted molar refractivity (Wildman–Crippen MR) is 94.7 cm³/mol. The Morgan fingerprint density at radius 1 is 1.27 bits per heavy atom. The van der Waals surface area contributed by atoms with Crippen molar-refractivity contribution in [2.24, 2.45) is 0 Å². The Hall–Kier alpha value is -2.51. The zero-order valence-electron chi connectivity index (χ0n) is 14.6. The largest absolute Gasteiger partial charge is 0.484 e. The lowest BCUT2D eigenvalue weighted by atomic mass is 9.86. The van der Waals surface area contributed by atoms with Gasteiger partial charge in [0.15, 0.2) is 0 Å². The first-order valence-electron chi connectivity index (χ1n) is 8.41. The van der Waals surface area contributed by atoms with Crippen LogP contribution in [0.3, 0.4) is 0 Å². The molecule has 0 aromatic heterocycles. The summed E-state index contributed by atoms with van der Waals surface area (Å²) in [5.41, 5.74) is 0.710. The van der Waals surface area contributed by atoms with Crippen molar-refractivity contribution < 1.29 is 19.2 Å². The van der Waals surface area contributed by atoms with E-state index >= 15 is 0 Å². The van der Waals surface area contributed by atoms with Crippen molar-refractivity contribution >= 4 is 5.69 Å². The lowest BCUT2D eigenvalue weighted by molar-refractivity contribution is -0.385. The molecule has 0 amide bonds. The third kappa shape index (κ3) is 3.68. The van der Waals surface area contributed by atoms with Crippen molar-refractivity contribution in [1.82, 2.24) is 5.32 Å². The van der Waals surface area contributed by atoms with Crippen LogP contribution < -0.4 is 10.1 Å². The molecule has 138 valence electrons. The molecule has 1 unspecified atom stereocenters. The van der Waals surface area contributed by atoms with Crippen molar-refractivity contribution in [3.63, 3.8) is 0 Å². The molecule has 2 aromatic carbocycles. The summed E-state index contributed by atoms with van der Waals surface area (Å²) in [5, 5.41) is 25.0. The summed E-state index contributed by atoms with van der Waals surface area (Å²) in [6.45, 7) is 4.04. The van der Waals surface area contributed by atoms with Gasteiger partial charge in [0.2, 0.25) is 0 Å². The molecule has 2 aromatic rings. The molecule has 0 saturated carbocycles. The fraction of sp³-hybridized carbons (Fsp3) is 0.368. The van der Waals surface area contributed by atoms with Crippen LogP contribution in [0.2, 0.25) is 0 Å². The summed E-state index contributed by atoms with van der Waals surface area (Å²) in [5.74, 6) is 0.118. The summed E-state index contributed by atoms with van der Waals surface area (Å²) in [7, 11) is 0. The normalized spacial score (nSPS) is 20.9. The highest BCUT2D eigenvalue weighted by atomic mass is 19.1. The molecule has 1 heterocycles. The van der Waals surface area contributed by atoms with Crippen LogP contribution in [0, 0.1) is 15.9 Å². The van der Waals surface area contributed by atoms with Crippen LogP contribution in [0.4, 0.5) is 10.1 Å². The lowest BCUT2D eigenvalue weighted by Crippen LogP contribution is -2.52. The number of ether oxygens (including phenoxy) is 1. The summed E-state index contributed by atoms with van der Waals surface area (Å²) in [6.07, 6.45) is -0.169. The number of rotatable bonds is 5. The third-order valence-corrected chi connectivity index (χ3v) is 4.64. The molecule has 2 N–H and O–H groups in total. The molecule has 0 saturated heterocycles. The van der Waals surface area contributed by atoms with Gasteiger partial charge in [-0.05, 0) is 50.6 Å². The smallest absolute Gasteiger partial charge is 0.273 e. The minimum absolute atomic E-state index is 0.0546. The minimum atomic E-state index is -0.893. The Balaban J connectivity index is 1.79. The number of nitro groups is 1. The molecule has 1 aliphatic heterocycles. The highest BCUT2D eigenvalue weighted by Gasteiger charge is 2.43. The maximum Gasteiger partial charge on any atom is 0.273 e. The second kappa shape index (κ2) is 7.01. The number of halogens is 1. The fourth-order valence-electron chi connectivity index (χ4n) is 3.14. The van der Waals surface area contributed by atoms with E-state index < -0.39 is 22.7 Å². The van der Waals surface area contributed by atoms with Crippen molar-refractivity contribution in [2.75, 3.05) is 6.54 Å². The summed E-state index contributed by atoms with van der Waals surface area (Å²) in [4.78, 5) is 10.5.